The van der Waals surface area contributed by atoms with Gasteiger partial charge in [0.15, 0.2) is 0 Å². The third-order valence-corrected chi connectivity index (χ3v) is 9.05. The first kappa shape index (κ1) is 23.1. The van der Waals surface area contributed by atoms with Gasteiger partial charge >= 0.3 is 5.97 Å². The van der Waals surface area contributed by atoms with E-state index in [0.29, 0.717) is 29.8 Å². The fourth-order valence-corrected chi connectivity index (χ4v) is 7.27. The first-order valence-electron chi connectivity index (χ1n) is 12.1. The van der Waals surface area contributed by atoms with E-state index in [9.17, 15) is 13.2 Å². The van der Waals surface area contributed by atoms with Gasteiger partial charge in [-0.3, -0.25) is 4.79 Å². The summed E-state index contributed by atoms with van der Waals surface area (Å²) in [5.74, 6) is 1.09. The summed E-state index contributed by atoms with van der Waals surface area (Å²) in [7, 11) is -2.25. The molecule has 2 aromatic carbocycles. The van der Waals surface area contributed by atoms with E-state index in [1.165, 1.54) is 13.5 Å². The summed E-state index contributed by atoms with van der Waals surface area (Å²) in [6, 6.07) is 12.8. The maximum atomic E-state index is 13.4. The zero-order valence-electron chi connectivity index (χ0n) is 19.4. The standard InChI is InChI=1S/C27H31NO5S/c1-32-26(29)11-5-3-2-4-8-21-18-12-13-19(16-18)27(21)28-34(30,31)20-14-15-25-23(17-20)22-9-6-7-10-24(22)33-25/h2,4,6-7,9-10,14-15,17-19,21,27-28H,3,5,8,11-13,16H2,1H3/t18-,19+,21+,27+/m0/s1. The SMILES string of the molecule is COC(=O)CCCC=CC[C@@H]1[C@H]2CC[C@H](C2)[C@H]1NS(=O)(=O)c1ccc2oc3ccccc3c2c1. The minimum absolute atomic E-state index is 0.0414. The molecule has 0 amide bonds. The van der Waals surface area contributed by atoms with Crippen LogP contribution in [-0.2, 0) is 19.6 Å². The van der Waals surface area contributed by atoms with E-state index in [1.54, 1.807) is 18.2 Å². The lowest BCUT2D eigenvalue weighted by Gasteiger charge is -2.31. The van der Waals surface area contributed by atoms with Crippen LogP contribution in [0.3, 0.4) is 0 Å². The van der Waals surface area contributed by atoms with Gasteiger partial charge in [0.1, 0.15) is 11.2 Å². The van der Waals surface area contributed by atoms with Crippen molar-refractivity contribution >= 4 is 37.9 Å². The fraction of sp³-hybridized carbons (Fsp3) is 0.444. The number of allylic oxidation sites excluding steroid dienone is 2. The van der Waals surface area contributed by atoms with Crippen molar-refractivity contribution in [3.8, 4) is 0 Å². The number of esters is 1. The number of hydrogen-bond acceptors (Lipinski definition) is 5. The van der Waals surface area contributed by atoms with Crippen molar-refractivity contribution in [2.24, 2.45) is 17.8 Å². The molecule has 0 unspecified atom stereocenters. The number of sulfonamides is 1. The molecule has 3 aromatic rings. The first-order chi connectivity index (χ1) is 16.5. The second kappa shape index (κ2) is 9.55. The lowest BCUT2D eigenvalue weighted by atomic mass is 9.83. The van der Waals surface area contributed by atoms with Gasteiger partial charge in [0.2, 0.25) is 10.0 Å². The molecule has 6 nitrogen and oxygen atoms in total. The van der Waals surface area contributed by atoms with Crippen LogP contribution in [0, 0.1) is 17.8 Å². The number of carbonyl (C=O) groups excluding carboxylic acids is 1. The minimum atomic E-state index is -3.66. The van der Waals surface area contributed by atoms with E-state index < -0.39 is 10.0 Å². The molecule has 0 spiro atoms. The lowest BCUT2D eigenvalue weighted by Crippen LogP contribution is -2.43. The molecule has 7 heteroatoms. The van der Waals surface area contributed by atoms with Gasteiger partial charge in [-0.2, -0.15) is 0 Å². The van der Waals surface area contributed by atoms with Crippen molar-refractivity contribution in [3.05, 3.63) is 54.6 Å². The van der Waals surface area contributed by atoms with E-state index in [2.05, 4.69) is 21.6 Å². The number of ether oxygens (including phenoxy) is 1. The normalized spacial score (nSPS) is 24.5. The average Bonchev–Trinajstić information content (AvgIpc) is 3.54. The summed E-state index contributed by atoms with van der Waals surface area (Å²) >= 11 is 0. The lowest BCUT2D eigenvalue weighted by molar-refractivity contribution is -0.140. The molecule has 1 heterocycles. The summed E-state index contributed by atoms with van der Waals surface area (Å²) in [6.07, 6.45) is 10.5. The van der Waals surface area contributed by atoms with Crippen LogP contribution in [0.2, 0.25) is 0 Å². The number of carbonyl (C=O) groups is 1. The first-order valence-corrected chi connectivity index (χ1v) is 13.6. The Balaban J connectivity index is 1.30. The molecule has 180 valence electrons. The Hall–Kier alpha value is -2.64. The minimum Gasteiger partial charge on any atom is -0.469 e. The maximum absolute atomic E-state index is 13.4. The Morgan fingerprint density at radius 1 is 1.09 bits per heavy atom. The van der Waals surface area contributed by atoms with E-state index in [1.807, 2.05) is 24.3 Å². The second-order valence-electron chi connectivity index (χ2n) is 9.58. The number of fused-ring (bicyclic) bond motifs is 5. The van der Waals surface area contributed by atoms with Crippen molar-refractivity contribution in [2.75, 3.05) is 7.11 Å². The highest BCUT2D eigenvalue weighted by Gasteiger charge is 2.48. The number of methoxy groups -OCH3 is 1. The fourth-order valence-electron chi connectivity index (χ4n) is 5.89. The Labute approximate surface area is 200 Å². The van der Waals surface area contributed by atoms with Crippen LogP contribution in [0.1, 0.15) is 44.9 Å². The topological polar surface area (TPSA) is 85.6 Å². The van der Waals surface area contributed by atoms with Gasteiger partial charge in [-0.25, -0.2) is 13.1 Å². The van der Waals surface area contributed by atoms with Gasteiger partial charge in [-0.05, 0) is 80.5 Å². The van der Waals surface area contributed by atoms with Crippen LogP contribution in [0.5, 0.6) is 0 Å². The summed E-state index contributed by atoms with van der Waals surface area (Å²) in [6.45, 7) is 0. The van der Waals surface area contributed by atoms with E-state index >= 15 is 0 Å². The predicted molar refractivity (Wildman–Crippen MR) is 132 cm³/mol. The molecule has 0 radical (unpaired) electrons. The Morgan fingerprint density at radius 3 is 2.74 bits per heavy atom. The highest BCUT2D eigenvalue weighted by Crippen LogP contribution is 2.50. The molecule has 34 heavy (non-hydrogen) atoms. The van der Waals surface area contributed by atoms with Crippen LogP contribution >= 0.6 is 0 Å². The largest absolute Gasteiger partial charge is 0.469 e. The third kappa shape index (κ3) is 4.51. The van der Waals surface area contributed by atoms with E-state index in [-0.39, 0.29) is 16.9 Å². The molecule has 2 saturated carbocycles. The molecule has 2 aliphatic rings. The molecule has 5 rings (SSSR count). The molecule has 1 aromatic heterocycles. The van der Waals surface area contributed by atoms with E-state index in [0.717, 1.165) is 48.5 Å². The van der Waals surface area contributed by atoms with Gasteiger partial charge in [-0.15, -0.1) is 0 Å². The average molecular weight is 482 g/mol. The smallest absolute Gasteiger partial charge is 0.305 e. The molecule has 4 atom stereocenters. The highest BCUT2D eigenvalue weighted by molar-refractivity contribution is 7.89. The number of hydrogen-bond donors (Lipinski definition) is 1. The Kier molecular flexibility index (Phi) is 6.49. The molecule has 0 aliphatic heterocycles. The zero-order chi connectivity index (χ0) is 23.7. The molecule has 1 N–H and O–H groups in total. The van der Waals surface area contributed by atoms with Gasteiger partial charge in [0.25, 0.3) is 0 Å². The van der Waals surface area contributed by atoms with Crippen LogP contribution in [-0.4, -0.2) is 27.5 Å². The van der Waals surface area contributed by atoms with Gasteiger partial charge < -0.3 is 9.15 Å². The summed E-state index contributed by atoms with van der Waals surface area (Å²) in [5.41, 5.74) is 1.45. The molecular formula is C27H31NO5S. The van der Waals surface area contributed by atoms with Gasteiger partial charge in [0.05, 0.1) is 12.0 Å². The zero-order valence-corrected chi connectivity index (χ0v) is 20.2. The number of para-hydroxylation sites is 1. The van der Waals surface area contributed by atoms with Crippen molar-refractivity contribution in [3.63, 3.8) is 0 Å². The quantitative estimate of drug-likeness (QED) is 0.245. The van der Waals surface area contributed by atoms with Crippen LogP contribution in [0.4, 0.5) is 0 Å². The predicted octanol–water partition coefficient (Wildman–Crippen LogP) is 5.57. The van der Waals surface area contributed by atoms with Crippen molar-refractivity contribution in [2.45, 2.75) is 55.9 Å². The third-order valence-electron chi connectivity index (χ3n) is 7.59. The summed E-state index contributed by atoms with van der Waals surface area (Å²) in [5, 5.41) is 1.74. The van der Waals surface area contributed by atoms with Crippen molar-refractivity contribution in [1.82, 2.24) is 4.72 Å². The van der Waals surface area contributed by atoms with E-state index in [4.69, 9.17) is 4.42 Å². The molecule has 0 saturated heterocycles. The second-order valence-corrected chi connectivity index (χ2v) is 11.3. The van der Waals surface area contributed by atoms with Crippen molar-refractivity contribution < 1.29 is 22.4 Å². The van der Waals surface area contributed by atoms with Gasteiger partial charge in [0, 0.05) is 23.2 Å². The van der Waals surface area contributed by atoms with Crippen LogP contribution in [0.15, 0.2) is 63.9 Å². The molecule has 2 fully saturated rings. The number of nitrogens with one attached hydrogen (secondary N) is 1. The van der Waals surface area contributed by atoms with Crippen molar-refractivity contribution in [1.29, 1.82) is 0 Å². The monoisotopic (exact) mass is 481 g/mol. The number of unbranched alkanes of at least 4 members (excludes halogenated alkanes) is 1. The van der Waals surface area contributed by atoms with Gasteiger partial charge in [-0.1, -0.05) is 30.4 Å². The maximum Gasteiger partial charge on any atom is 0.305 e. The number of benzene rings is 2. The number of furan rings is 1. The van der Waals surface area contributed by atoms with Crippen LogP contribution in [0.25, 0.3) is 21.9 Å². The Morgan fingerprint density at radius 2 is 1.88 bits per heavy atom. The highest BCUT2D eigenvalue weighted by atomic mass is 32.2. The number of rotatable bonds is 9. The molecule has 2 bridgehead atoms. The molecule has 2 aliphatic carbocycles. The summed E-state index contributed by atoms with van der Waals surface area (Å²) in [4.78, 5) is 11.5. The van der Waals surface area contributed by atoms with Crippen LogP contribution < -0.4 is 4.72 Å². The summed E-state index contributed by atoms with van der Waals surface area (Å²) < 4.78 is 40.4. The Bertz CT molecular complexity index is 1330. The molecular weight excluding hydrogens is 450 g/mol.